The van der Waals surface area contributed by atoms with Gasteiger partial charge in [0, 0.05) is 12.6 Å². The van der Waals surface area contributed by atoms with E-state index in [0.29, 0.717) is 17.8 Å². The number of carbonyl (C=O) groups excluding carboxylic acids is 1. The number of benzene rings is 2. The van der Waals surface area contributed by atoms with E-state index in [1.54, 1.807) is 19.1 Å². The predicted octanol–water partition coefficient (Wildman–Crippen LogP) is 3.53. The second-order valence-electron chi connectivity index (χ2n) is 4.94. The van der Waals surface area contributed by atoms with Crippen LogP contribution in [-0.2, 0) is 6.54 Å². The Labute approximate surface area is 128 Å². The lowest BCUT2D eigenvalue weighted by molar-refractivity contribution is -0.385. The molecule has 0 fully saturated rings. The van der Waals surface area contributed by atoms with Crippen LogP contribution < -0.4 is 10.6 Å². The largest absolute Gasteiger partial charge is 0.334 e. The summed E-state index contributed by atoms with van der Waals surface area (Å²) in [5.74, 6) is 0. The van der Waals surface area contributed by atoms with E-state index in [4.69, 9.17) is 0 Å². The standard InChI is InChI=1S/C16H17N3O3/c1-11-6-3-4-7-13(11)10-17-16(20)18-14-8-5-9-15(12(14)2)19(21)22/h3-9H,10H2,1-2H3,(H2,17,18,20). The van der Waals surface area contributed by atoms with Gasteiger partial charge in [-0.2, -0.15) is 0 Å². The quantitative estimate of drug-likeness (QED) is 0.669. The van der Waals surface area contributed by atoms with Gasteiger partial charge in [-0.05, 0) is 31.0 Å². The van der Waals surface area contributed by atoms with Crippen molar-refractivity contribution in [2.75, 3.05) is 5.32 Å². The van der Waals surface area contributed by atoms with E-state index in [0.717, 1.165) is 11.1 Å². The third kappa shape index (κ3) is 3.60. The zero-order chi connectivity index (χ0) is 16.1. The molecule has 2 aromatic rings. The van der Waals surface area contributed by atoms with Crippen molar-refractivity contribution in [2.45, 2.75) is 20.4 Å². The lowest BCUT2D eigenvalue weighted by atomic mass is 10.1. The molecule has 0 saturated heterocycles. The molecule has 0 aliphatic carbocycles. The molecule has 0 atom stereocenters. The fourth-order valence-electron chi connectivity index (χ4n) is 2.11. The van der Waals surface area contributed by atoms with Gasteiger partial charge in [0.15, 0.2) is 0 Å². The molecule has 0 heterocycles. The van der Waals surface area contributed by atoms with Crippen molar-refractivity contribution < 1.29 is 9.72 Å². The molecule has 0 bridgehead atoms. The van der Waals surface area contributed by atoms with Crippen molar-refractivity contribution in [3.8, 4) is 0 Å². The Kier molecular flexibility index (Phi) is 4.73. The van der Waals surface area contributed by atoms with Gasteiger partial charge >= 0.3 is 6.03 Å². The molecule has 0 unspecified atom stereocenters. The minimum atomic E-state index is -0.467. The maximum Gasteiger partial charge on any atom is 0.319 e. The second-order valence-corrected chi connectivity index (χ2v) is 4.94. The van der Waals surface area contributed by atoms with Gasteiger partial charge in [0.2, 0.25) is 0 Å². The molecule has 6 heteroatoms. The third-order valence-corrected chi connectivity index (χ3v) is 3.45. The fourth-order valence-corrected chi connectivity index (χ4v) is 2.11. The van der Waals surface area contributed by atoms with Crippen molar-refractivity contribution in [1.82, 2.24) is 5.32 Å². The van der Waals surface area contributed by atoms with Crippen LogP contribution >= 0.6 is 0 Å². The van der Waals surface area contributed by atoms with Gasteiger partial charge in [-0.15, -0.1) is 0 Å². The van der Waals surface area contributed by atoms with Crippen LogP contribution in [0.5, 0.6) is 0 Å². The predicted molar refractivity (Wildman–Crippen MR) is 84.9 cm³/mol. The van der Waals surface area contributed by atoms with Crippen LogP contribution in [0, 0.1) is 24.0 Å². The van der Waals surface area contributed by atoms with Crippen molar-refractivity contribution in [3.63, 3.8) is 0 Å². The maximum absolute atomic E-state index is 11.9. The smallest absolute Gasteiger partial charge is 0.319 e. The van der Waals surface area contributed by atoms with E-state index in [2.05, 4.69) is 10.6 Å². The summed E-state index contributed by atoms with van der Waals surface area (Å²) in [5, 5.41) is 16.3. The van der Waals surface area contributed by atoms with Crippen LogP contribution in [-0.4, -0.2) is 11.0 Å². The average molecular weight is 299 g/mol. The second kappa shape index (κ2) is 6.71. The van der Waals surface area contributed by atoms with Crippen molar-refractivity contribution in [2.24, 2.45) is 0 Å². The number of hydrogen-bond donors (Lipinski definition) is 2. The number of hydrogen-bond acceptors (Lipinski definition) is 3. The molecule has 22 heavy (non-hydrogen) atoms. The van der Waals surface area contributed by atoms with Gasteiger partial charge in [-0.3, -0.25) is 10.1 Å². The number of aryl methyl sites for hydroxylation is 1. The van der Waals surface area contributed by atoms with Crippen LogP contribution in [0.1, 0.15) is 16.7 Å². The lowest BCUT2D eigenvalue weighted by Gasteiger charge is -2.11. The van der Waals surface area contributed by atoms with Crippen LogP contribution in [0.4, 0.5) is 16.2 Å². The number of rotatable bonds is 4. The Hall–Kier alpha value is -2.89. The van der Waals surface area contributed by atoms with E-state index in [1.165, 1.54) is 6.07 Å². The molecular weight excluding hydrogens is 282 g/mol. The van der Waals surface area contributed by atoms with Crippen LogP contribution in [0.3, 0.4) is 0 Å². The zero-order valence-electron chi connectivity index (χ0n) is 12.4. The summed E-state index contributed by atoms with van der Waals surface area (Å²) in [6, 6.07) is 11.9. The number of anilines is 1. The Morgan fingerprint density at radius 2 is 1.86 bits per heavy atom. The minimum Gasteiger partial charge on any atom is -0.334 e. The first-order valence-electron chi connectivity index (χ1n) is 6.82. The zero-order valence-corrected chi connectivity index (χ0v) is 12.4. The van der Waals surface area contributed by atoms with E-state index in [1.807, 2.05) is 31.2 Å². The molecule has 6 nitrogen and oxygen atoms in total. The number of nitrogens with zero attached hydrogens (tertiary/aromatic N) is 1. The van der Waals surface area contributed by atoms with Crippen molar-refractivity contribution in [3.05, 3.63) is 69.3 Å². The molecule has 2 N–H and O–H groups in total. The lowest BCUT2D eigenvalue weighted by Crippen LogP contribution is -2.28. The number of amides is 2. The topological polar surface area (TPSA) is 84.3 Å². The third-order valence-electron chi connectivity index (χ3n) is 3.45. The van der Waals surface area contributed by atoms with E-state index in [-0.39, 0.29) is 5.69 Å². The van der Waals surface area contributed by atoms with E-state index < -0.39 is 11.0 Å². The Morgan fingerprint density at radius 3 is 2.55 bits per heavy atom. The fraction of sp³-hybridized carbons (Fsp3) is 0.188. The van der Waals surface area contributed by atoms with Crippen LogP contribution in [0.25, 0.3) is 0 Å². The number of nitrogens with one attached hydrogen (secondary N) is 2. The van der Waals surface area contributed by atoms with Gasteiger partial charge < -0.3 is 10.6 Å². The molecule has 0 spiro atoms. The Bertz CT molecular complexity index is 714. The summed E-state index contributed by atoms with van der Waals surface area (Å²) < 4.78 is 0. The first-order valence-corrected chi connectivity index (χ1v) is 6.82. The number of carbonyl (C=O) groups is 1. The summed E-state index contributed by atoms with van der Waals surface area (Å²) in [4.78, 5) is 22.4. The first-order chi connectivity index (χ1) is 10.5. The maximum atomic E-state index is 11.9. The highest BCUT2D eigenvalue weighted by atomic mass is 16.6. The molecule has 0 aromatic heterocycles. The average Bonchev–Trinajstić information content (AvgIpc) is 2.48. The minimum absolute atomic E-state index is 0.0169. The highest BCUT2D eigenvalue weighted by molar-refractivity contribution is 5.90. The van der Waals surface area contributed by atoms with Crippen molar-refractivity contribution >= 4 is 17.4 Å². The summed E-state index contributed by atoms with van der Waals surface area (Å²) in [7, 11) is 0. The molecule has 0 radical (unpaired) electrons. The molecule has 2 amide bonds. The Morgan fingerprint density at radius 1 is 1.14 bits per heavy atom. The summed E-state index contributed by atoms with van der Waals surface area (Å²) >= 11 is 0. The normalized spacial score (nSPS) is 10.1. The molecule has 2 aromatic carbocycles. The Balaban J connectivity index is 2.02. The molecule has 114 valence electrons. The monoisotopic (exact) mass is 299 g/mol. The number of urea groups is 1. The first kappa shape index (κ1) is 15.5. The summed E-state index contributed by atoms with van der Waals surface area (Å²) in [6.07, 6.45) is 0. The molecule has 0 aliphatic heterocycles. The van der Waals surface area contributed by atoms with Gasteiger partial charge in [0.1, 0.15) is 0 Å². The van der Waals surface area contributed by atoms with Gasteiger partial charge in [0.05, 0.1) is 16.2 Å². The van der Waals surface area contributed by atoms with Gasteiger partial charge in [-0.1, -0.05) is 30.3 Å². The molecule has 2 rings (SSSR count). The molecular formula is C16H17N3O3. The van der Waals surface area contributed by atoms with Gasteiger partial charge in [0.25, 0.3) is 5.69 Å². The SMILES string of the molecule is Cc1ccccc1CNC(=O)Nc1cccc([N+](=O)[O-])c1C. The summed E-state index contributed by atoms with van der Waals surface area (Å²) in [5.41, 5.74) is 2.95. The van der Waals surface area contributed by atoms with Crippen LogP contribution in [0.15, 0.2) is 42.5 Å². The summed E-state index contributed by atoms with van der Waals surface area (Å²) in [6.45, 7) is 3.97. The number of nitro groups is 1. The molecule has 0 saturated carbocycles. The van der Waals surface area contributed by atoms with Crippen molar-refractivity contribution in [1.29, 1.82) is 0 Å². The van der Waals surface area contributed by atoms with Gasteiger partial charge in [-0.25, -0.2) is 4.79 Å². The highest BCUT2D eigenvalue weighted by Crippen LogP contribution is 2.24. The van der Waals surface area contributed by atoms with E-state index in [9.17, 15) is 14.9 Å². The molecule has 0 aliphatic rings. The number of nitro benzene ring substituents is 1. The van der Waals surface area contributed by atoms with Crippen LogP contribution in [0.2, 0.25) is 0 Å². The van der Waals surface area contributed by atoms with E-state index >= 15 is 0 Å². The highest BCUT2D eigenvalue weighted by Gasteiger charge is 2.14.